The second-order valence-electron chi connectivity index (χ2n) is 3.56. The molecule has 0 bridgehead atoms. The van der Waals surface area contributed by atoms with E-state index in [0.29, 0.717) is 20.9 Å². The number of rotatable bonds is 3. The highest BCUT2D eigenvalue weighted by Gasteiger charge is 2.08. The maximum absolute atomic E-state index is 6.05. The zero-order valence-corrected chi connectivity index (χ0v) is 12.2. The molecule has 1 heterocycles. The molecule has 2 nitrogen and oxygen atoms in total. The van der Waals surface area contributed by atoms with Crippen LogP contribution in [0.5, 0.6) is 0 Å². The van der Waals surface area contributed by atoms with Crippen LogP contribution in [0, 0.1) is 0 Å². The van der Waals surface area contributed by atoms with Crippen LogP contribution < -0.4 is 5.73 Å². The third kappa shape index (κ3) is 3.45. The lowest BCUT2D eigenvalue weighted by Gasteiger charge is -2.06. The molecule has 0 aliphatic carbocycles. The van der Waals surface area contributed by atoms with E-state index in [-0.39, 0.29) is 0 Å². The van der Waals surface area contributed by atoms with Crippen molar-refractivity contribution in [1.29, 1.82) is 0 Å². The van der Waals surface area contributed by atoms with E-state index in [1.807, 2.05) is 24.3 Å². The second kappa shape index (κ2) is 6.02. The Morgan fingerprint density at radius 1 is 1.06 bits per heavy atom. The molecule has 0 saturated carbocycles. The number of nitrogens with two attached hydrogens (primary N) is 1. The average molecular weight is 320 g/mol. The van der Waals surface area contributed by atoms with Gasteiger partial charge in [-0.25, -0.2) is 4.98 Å². The summed E-state index contributed by atoms with van der Waals surface area (Å²) in [6.07, 6.45) is 0. The highest BCUT2D eigenvalue weighted by molar-refractivity contribution is 7.98. The van der Waals surface area contributed by atoms with Crippen LogP contribution in [0.15, 0.2) is 35.4 Å². The number of halogens is 3. The van der Waals surface area contributed by atoms with Crippen LogP contribution >= 0.6 is 46.6 Å². The first kappa shape index (κ1) is 13.8. The zero-order valence-electron chi connectivity index (χ0n) is 9.16. The first-order valence-electron chi connectivity index (χ1n) is 5.05. The second-order valence-corrected chi connectivity index (χ2v) is 5.77. The minimum Gasteiger partial charge on any atom is -0.382 e. The summed E-state index contributed by atoms with van der Waals surface area (Å²) in [4.78, 5) is 4.16. The molecule has 6 heteroatoms. The minimum atomic E-state index is 0.291. The van der Waals surface area contributed by atoms with Crippen molar-refractivity contribution in [1.82, 2.24) is 4.98 Å². The molecule has 0 radical (unpaired) electrons. The van der Waals surface area contributed by atoms with Crippen molar-refractivity contribution in [2.24, 2.45) is 0 Å². The molecule has 2 N–H and O–H groups in total. The number of benzene rings is 1. The van der Waals surface area contributed by atoms with Crippen LogP contribution in [0.1, 0.15) is 5.56 Å². The Morgan fingerprint density at radius 3 is 2.39 bits per heavy atom. The van der Waals surface area contributed by atoms with Gasteiger partial charge in [0.05, 0.1) is 10.0 Å². The van der Waals surface area contributed by atoms with E-state index < -0.39 is 0 Å². The Bertz CT molecular complexity index is 558. The predicted molar refractivity (Wildman–Crippen MR) is 79.7 cm³/mol. The Morgan fingerprint density at radius 2 is 1.72 bits per heavy atom. The number of aromatic nitrogens is 1. The van der Waals surface area contributed by atoms with E-state index in [0.717, 1.165) is 16.3 Å². The quantitative estimate of drug-likeness (QED) is 0.816. The Kier molecular flexibility index (Phi) is 4.62. The van der Waals surface area contributed by atoms with Gasteiger partial charge in [0.2, 0.25) is 0 Å². The molecule has 0 aliphatic rings. The Hall–Kier alpha value is -0.610. The number of anilines is 1. The van der Waals surface area contributed by atoms with Crippen molar-refractivity contribution in [2.75, 3.05) is 5.73 Å². The molecule has 0 saturated heterocycles. The van der Waals surface area contributed by atoms with E-state index in [4.69, 9.17) is 40.5 Å². The van der Waals surface area contributed by atoms with Crippen molar-refractivity contribution < 1.29 is 0 Å². The molecule has 2 aromatic rings. The summed E-state index contributed by atoms with van der Waals surface area (Å²) in [5.41, 5.74) is 6.78. The number of thioether (sulfide) groups is 1. The summed E-state index contributed by atoms with van der Waals surface area (Å²) in [7, 11) is 0. The monoisotopic (exact) mass is 318 g/mol. The Balaban J connectivity index is 2.10. The Labute approximate surface area is 124 Å². The van der Waals surface area contributed by atoms with Gasteiger partial charge in [0.15, 0.2) is 0 Å². The maximum Gasteiger partial charge on any atom is 0.143 e. The molecule has 0 spiro atoms. The van der Waals surface area contributed by atoms with E-state index in [1.54, 1.807) is 6.07 Å². The maximum atomic E-state index is 6.05. The van der Waals surface area contributed by atoms with Gasteiger partial charge in [-0.05, 0) is 23.8 Å². The lowest BCUT2D eigenvalue weighted by Crippen LogP contribution is -1.94. The van der Waals surface area contributed by atoms with Crippen LogP contribution in [0.2, 0.25) is 15.1 Å². The normalized spacial score (nSPS) is 10.6. The number of nitrogen functional groups attached to an aromatic ring is 1. The van der Waals surface area contributed by atoms with Gasteiger partial charge in [0.25, 0.3) is 0 Å². The molecule has 94 valence electrons. The van der Waals surface area contributed by atoms with Crippen molar-refractivity contribution in [3.63, 3.8) is 0 Å². The number of hydrogen-bond donors (Lipinski definition) is 1. The van der Waals surface area contributed by atoms with E-state index in [9.17, 15) is 0 Å². The van der Waals surface area contributed by atoms with Crippen molar-refractivity contribution in [2.45, 2.75) is 10.8 Å². The third-order valence-electron chi connectivity index (χ3n) is 2.21. The summed E-state index contributed by atoms with van der Waals surface area (Å²) in [6, 6.07) is 9.23. The summed E-state index contributed by atoms with van der Waals surface area (Å²) in [6.45, 7) is 0. The molecule has 1 aromatic heterocycles. The number of nitrogens with zero attached hydrogens (tertiary/aromatic N) is 1. The molecule has 0 atom stereocenters. The minimum absolute atomic E-state index is 0.291. The van der Waals surface area contributed by atoms with Gasteiger partial charge in [0.1, 0.15) is 10.8 Å². The van der Waals surface area contributed by atoms with E-state index in [1.165, 1.54) is 11.8 Å². The highest BCUT2D eigenvalue weighted by Crippen LogP contribution is 2.32. The molecular weight excluding hydrogens is 311 g/mol. The van der Waals surface area contributed by atoms with Crippen LogP contribution in [-0.4, -0.2) is 4.98 Å². The number of hydrogen-bond acceptors (Lipinski definition) is 3. The smallest absolute Gasteiger partial charge is 0.143 e. The summed E-state index contributed by atoms with van der Waals surface area (Å²) in [5.74, 6) is 1.03. The van der Waals surface area contributed by atoms with Gasteiger partial charge in [-0.15, -0.1) is 11.8 Å². The van der Waals surface area contributed by atoms with Gasteiger partial charge in [0, 0.05) is 10.8 Å². The fourth-order valence-electron chi connectivity index (χ4n) is 1.30. The molecular formula is C12H9Cl3N2S. The van der Waals surface area contributed by atoms with E-state index >= 15 is 0 Å². The van der Waals surface area contributed by atoms with E-state index in [2.05, 4.69) is 4.98 Å². The summed E-state index contributed by atoms with van der Waals surface area (Å²) in [5, 5.41) is 2.27. The predicted octanol–water partition coefficient (Wildman–Crippen LogP) is 4.92. The largest absolute Gasteiger partial charge is 0.382 e. The SMILES string of the molecule is Nc1nc(SCc2ccc(Cl)cc2)c(Cl)cc1Cl. The molecule has 0 unspecified atom stereocenters. The fourth-order valence-corrected chi connectivity index (χ4v) is 2.80. The van der Waals surface area contributed by atoms with Gasteiger partial charge >= 0.3 is 0 Å². The molecule has 0 aliphatic heterocycles. The number of pyridine rings is 1. The molecule has 0 fully saturated rings. The van der Waals surface area contributed by atoms with Gasteiger partial charge in [-0.1, -0.05) is 46.9 Å². The third-order valence-corrected chi connectivity index (χ3v) is 4.23. The van der Waals surface area contributed by atoms with Gasteiger partial charge in [-0.2, -0.15) is 0 Å². The summed E-state index contributed by atoms with van der Waals surface area (Å²) >= 11 is 19.2. The molecule has 2 rings (SSSR count). The van der Waals surface area contributed by atoms with Crippen molar-refractivity contribution in [3.05, 3.63) is 51.0 Å². The van der Waals surface area contributed by atoms with Crippen molar-refractivity contribution >= 4 is 52.4 Å². The topological polar surface area (TPSA) is 38.9 Å². The van der Waals surface area contributed by atoms with Crippen LogP contribution in [0.25, 0.3) is 0 Å². The molecule has 18 heavy (non-hydrogen) atoms. The lowest BCUT2D eigenvalue weighted by atomic mass is 10.2. The molecule has 0 amide bonds. The van der Waals surface area contributed by atoms with Crippen molar-refractivity contribution in [3.8, 4) is 0 Å². The van der Waals surface area contributed by atoms with Gasteiger partial charge < -0.3 is 5.73 Å². The van der Waals surface area contributed by atoms with Crippen LogP contribution in [0.3, 0.4) is 0 Å². The zero-order chi connectivity index (χ0) is 13.1. The first-order chi connectivity index (χ1) is 8.56. The van der Waals surface area contributed by atoms with Gasteiger partial charge in [-0.3, -0.25) is 0 Å². The highest BCUT2D eigenvalue weighted by atomic mass is 35.5. The summed E-state index contributed by atoms with van der Waals surface area (Å²) < 4.78 is 0. The van der Waals surface area contributed by atoms with Crippen LogP contribution in [0.4, 0.5) is 5.82 Å². The molecule has 1 aromatic carbocycles. The standard InChI is InChI=1S/C12H9Cl3N2S/c13-8-3-1-7(2-4-8)6-18-12-10(15)5-9(14)11(16)17-12/h1-5H,6H2,(H2,16,17). The fraction of sp³-hybridized carbons (Fsp3) is 0.0833. The first-order valence-corrected chi connectivity index (χ1v) is 7.17. The lowest BCUT2D eigenvalue weighted by molar-refractivity contribution is 1.14. The average Bonchev–Trinajstić information content (AvgIpc) is 2.34. The van der Waals surface area contributed by atoms with Crippen LogP contribution in [-0.2, 0) is 5.75 Å².